The van der Waals surface area contributed by atoms with Crippen LogP contribution in [0, 0.1) is 5.82 Å². The van der Waals surface area contributed by atoms with E-state index >= 15 is 0 Å². The molecule has 28 heavy (non-hydrogen) atoms. The van der Waals surface area contributed by atoms with Gasteiger partial charge in [0.1, 0.15) is 12.4 Å². The third-order valence-corrected chi connectivity index (χ3v) is 5.65. The van der Waals surface area contributed by atoms with E-state index in [2.05, 4.69) is 5.10 Å². The van der Waals surface area contributed by atoms with Crippen molar-refractivity contribution in [2.45, 2.75) is 57.3 Å². The normalized spacial score (nSPS) is 19.7. The molecular weight excluding hydrogens is 374 g/mol. The first-order chi connectivity index (χ1) is 13.4. The predicted octanol–water partition coefficient (Wildman–Crippen LogP) is 4.28. The number of carbonyl (C=O) groups is 1. The molecule has 1 aromatic heterocycles. The number of carbonyl (C=O) groups excluding carboxylic acids is 1. The zero-order valence-corrected chi connectivity index (χ0v) is 15.3. The molecule has 1 aromatic carbocycles. The smallest absolute Gasteiger partial charge is 0.334 e. The van der Waals surface area contributed by atoms with Gasteiger partial charge in [-0.1, -0.05) is 18.2 Å². The van der Waals surface area contributed by atoms with Crippen molar-refractivity contribution in [3.8, 4) is 0 Å². The van der Waals surface area contributed by atoms with Crippen LogP contribution in [0.1, 0.15) is 54.2 Å². The van der Waals surface area contributed by atoms with Crippen LogP contribution < -0.4 is 0 Å². The molecule has 1 aliphatic heterocycles. The van der Waals surface area contributed by atoms with Crippen molar-refractivity contribution in [1.29, 1.82) is 0 Å². The average molecular weight is 395 g/mol. The van der Waals surface area contributed by atoms with E-state index in [1.807, 2.05) is 0 Å². The van der Waals surface area contributed by atoms with Crippen molar-refractivity contribution in [3.63, 3.8) is 0 Å². The Morgan fingerprint density at radius 3 is 2.64 bits per heavy atom. The second-order valence-electron chi connectivity index (χ2n) is 7.40. The van der Waals surface area contributed by atoms with E-state index < -0.39 is 11.9 Å². The highest BCUT2D eigenvalue weighted by Gasteiger charge is 2.40. The van der Waals surface area contributed by atoms with Crippen LogP contribution in [0.2, 0.25) is 0 Å². The molecule has 1 amide bonds. The largest absolute Gasteiger partial charge is 0.435 e. The summed E-state index contributed by atoms with van der Waals surface area (Å²) in [7, 11) is 0. The number of alkyl halides is 3. The summed E-state index contributed by atoms with van der Waals surface area (Å²) in [6.07, 6.45) is -0.863. The summed E-state index contributed by atoms with van der Waals surface area (Å²) in [6, 6.07) is 5.94. The first-order valence-electron chi connectivity index (χ1n) is 9.56. The van der Waals surface area contributed by atoms with Crippen molar-refractivity contribution in [1.82, 2.24) is 14.7 Å². The summed E-state index contributed by atoms with van der Waals surface area (Å²) in [5.41, 5.74) is 0.307. The van der Waals surface area contributed by atoms with E-state index in [1.54, 1.807) is 23.1 Å². The molecule has 1 aliphatic carbocycles. The number of nitrogens with zero attached hydrogens (tertiary/aromatic N) is 3. The summed E-state index contributed by atoms with van der Waals surface area (Å²) in [6.45, 7) is 0.219. The fourth-order valence-corrected chi connectivity index (χ4v) is 4.38. The molecule has 0 N–H and O–H groups in total. The third kappa shape index (κ3) is 3.40. The Labute approximate surface area is 160 Å². The highest BCUT2D eigenvalue weighted by Crippen LogP contribution is 2.37. The van der Waals surface area contributed by atoms with Gasteiger partial charge in [-0.15, -0.1) is 0 Å². The number of aromatic nitrogens is 2. The molecule has 150 valence electrons. The maximum absolute atomic E-state index is 14.2. The van der Waals surface area contributed by atoms with E-state index in [4.69, 9.17) is 0 Å². The van der Waals surface area contributed by atoms with Gasteiger partial charge in [0.25, 0.3) is 0 Å². The number of hydrogen-bond acceptors (Lipinski definition) is 2. The first-order valence-corrected chi connectivity index (χ1v) is 9.56. The van der Waals surface area contributed by atoms with Crippen LogP contribution in [0.25, 0.3) is 0 Å². The summed E-state index contributed by atoms with van der Waals surface area (Å²) in [4.78, 5) is 14.5. The molecular formula is C20H21F4N3O. The molecule has 2 aliphatic rings. The molecule has 0 saturated carbocycles. The van der Waals surface area contributed by atoms with Gasteiger partial charge in [-0.3, -0.25) is 9.48 Å². The maximum atomic E-state index is 14.2. The van der Waals surface area contributed by atoms with Crippen molar-refractivity contribution in [2.75, 3.05) is 6.54 Å². The lowest BCUT2D eigenvalue weighted by Gasteiger charge is -2.26. The molecule has 0 radical (unpaired) electrons. The van der Waals surface area contributed by atoms with Crippen LogP contribution in [0.3, 0.4) is 0 Å². The summed E-state index contributed by atoms with van der Waals surface area (Å²) in [5, 5.41) is 3.76. The highest BCUT2D eigenvalue weighted by molar-refractivity contribution is 5.77. The van der Waals surface area contributed by atoms with Crippen molar-refractivity contribution in [2.24, 2.45) is 0 Å². The Bertz CT molecular complexity index is 890. The number of likely N-dealkylation sites (tertiary alicyclic amines) is 1. The van der Waals surface area contributed by atoms with Crippen LogP contribution >= 0.6 is 0 Å². The molecule has 0 spiro atoms. The van der Waals surface area contributed by atoms with E-state index in [-0.39, 0.29) is 29.9 Å². The Morgan fingerprint density at radius 2 is 1.89 bits per heavy atom. The minimum atomic E-state index is -4.53. The first kappa shape index (κ1) is 19.0. The van der Waals surface area contributed by atoms with E-state index in [1.165, 1.54) is 10.7 Å². The zero-order valence-electron chi connectivity index (χ0n) is 15.3. The minimum absolute atomic E-state index is 0.221. The van der Waals surface area contributed by atoms with Crippen molar-refractivity contribution in [3.05, 3.63) is 52.6 Å². The van der Waals surface area contributed by atoms with Crippen LogP contribution in [0.4, 0.5) is 17.6 Å². The van der Waals surface area contributed by atoms with Gasteiger partial charge in [0.2, 0.25) is 5.91 Å². The van der Waals surface area contributed by atoms with Crippen LogP contribution in [0.15, 0.2) is 24.3 Å². The lowest BCUT2D eigenvalue weighted by molar-refractivity contribution is -0.142. The maximum Gasteiger partial charge on any atom is 0.435 e. The van der Waals surface area contributed by atoms with Gasteiger partial charge in [-0.05, 0) is 44.6 Å². The molecule has 0 unspecified atom stereocenters. The Kier molecular flexibility index (Phi) is 4.89. The summed E-state index contributed by atoms with van der Waals surface area (Å²) in [5.74, 6) is -0.696. The molecule has 2 heterocycles. The van der Waals surface area contributed by atoms with Crippen LogP contribution in [-0.2, 0) is 30.4 Å². The van der Waals surface area contributed by atoms with Gasteiger partial charge in [0.15, 0.2) is 5.69 Å². The zero-order chi connectivity index (χ0) is 19.9. The topological polar surface area (TPSA) is 38.1 Å². The molecule has 1 fully saturated rings. The number of hydrogen-bond donors (Lipinski definition) is 0. The predicted molar refractivity (Wildman–Crippen MR) is 94.0 cm³/mol. The van der Waals surface area contributed by atoms with Crippen LogP contribution in [-0.4, -0.2) is 27.1 Å². The van der Waals surface area contributed by atoms with E-state index in [0.717, 1.165) is 12.8 Å². The quantitative estimate of drug-likeness (QED) is 0.728. The summed E-state index contributed by atoms with van der Waals surface area (Å²) < 4.78 is 55.4. The number of halogens is 4. The number of benzene rings is 1. The molecule has 1 atom stereocenters. The Hall–Kier alpha value is -2.38. The lowest BCUT2D eigenvalue weighted by atomic mass is 9.95. The van der Waals surface area contributed by atoms with Gasteiger partial charge in [0, 0.05) is 23.4 Å². The second kappa shape index (κ2) is 7.22. The average Bonchev–Trinajstić information content (AvgIpc) is 3.27. The van der Waals surface area contributed by atoms with Gasteiger partial charge in [-0.25, -0.2) is 4.39 Å². The second-order valence-corrected chi connectivity index (χ2v) is 7.40. The molecule has 0 bridgehead atoms. The minimum Gasteiger partial charge on any atom is -0.334 e. The SMILES string of the molecule is O=C(Cn1nc(C(F)(F)F)c2c1CCCC2)N1CCC[C@H]1c1ccccc1F. The van der Waals surface area contributed by atoms with Crippen molar-refractivity contribution < 1.29 is 22.4 Å². The standard InChI is InChI=1S/C20H21F4N3O/c21-15-8-3-1-6-13(15)16-10-5-11-26(16)18(28)12-27-17-9-4-2-7-14(17)19(25-27)20(22,23)24/h1,3,6,8,16H,2,4-5,7,9-12H2/t16-/m0/s1. The van der Waals surface area contributed by atoms with E-state index in [0.29, 0.717) is 43.5 Å². The Balaban J connectivity index is 1.60. The third-order valence-electron chi connectivity index (χ3n) is 5.65. The molecule has 4 nitrogen and oxygen atoms in total. The monoisotopic (exact) mass is 395 g/mol. The van der Waals surface area contributed by atoms with Gasteiger partial charge >= 0.3 is 6.18 Å². The molecule has 4 rings (SSSR count). The molecule has 1 saturated heterocycles. The lowest BCUT2D eigenvalue weighted by Crippen LogP contribution is -2.34. The fourth-order valence-electron chi connectivity index (χ4n) is 4.38. The van der Waals surface area contributed by atoms with Crippen molar-refractivity contribution >= 4 is 5.91 Å². The molecule has 2 aromatic rings. The number of rotatable bonds is 3. The Morgan fingerprint density at radius 1 is 1.14 bits per heavy atom. The fraction of sp³-hybridized carbons (Fsp3) is 0.500. The highest BCUT2D eigenvalue weighted by atomic mass is 19.4. The summed E-state index contributed by atoms with van der Waals surface area (Å²) >= 11 is 0. The van der Waals surface area contributed by atoms with Gasteiger partial charge in [-0.2, -0.15) is 18.3 Å². The van der Waals surface area contributed by atoms with Gasteiger partial charge in [0.05, 0.1) is 6.04 Å². The van der Waals surface area contributed by atoms with E-state index in [9.17, 15) is 22.4 Å². The molecule has 8 heteroatoms. The number of amides is 1. The van der Waals surface area contributed by atoms with Gasteiger partial charge < -0.3 is 4.90 Å². The number of fused-ring (bicyclic) bond motifs is 1. The van der Waals surface area contributed by atoms with Crippen LogP contribution in [0.5, 0.6) is 0 Å².